The molecule has 2 saturated heterocycles. The van der Waals surface area contributed by atoms with Gasteiger partial charge >= 0.3 is 0 Å². The highest BCUT2D eigenvalue weighted by atomic mass is 35.5. The van der Waals surface area contributed by atoms with E-state index < -0.39 is 61.8 Å². The van der Waals surface area contributed by atoms with Crippen molar-refractivity contribution in [3.05, 3.63) is 70.2 Å². The summed E-state index contributed by atoms with van der Waals surface area (Å²) in [5.41, 5.74) is 7.84. The second-order valence-electron chi connectivity index (χ2n) is 10.7. The van der Waals surface area contributed by atoms with Crippen LogP contribution in [0, 0.1) is 0 Å². The van der Waals surface area contributed by atoms with Crippen LogP contribution in [0.2, 0.25) is 5.02 Å². The van der Waals surface area contributed by atoms with Crippen LogP contribution in [0.5, 0.6) is 0 Å². The monoisotopic (exact) mass is 653 g/mol. The number of amides is 3. The number of benzene rings is 2. The van der Waals surface area contributed by atoms with E-state index in [1.54, 1.807) is 48.5 Å². The van der Waals surface area contributed by atoms with Gasteiger partial charge in [0.25, 0.3) is 0 Å². The van der Waals surface area contributed by atoms with Crippen LogP contribution in [0.4, 0.5) is 0 Å². The van der Waals surface area contributed by atoms with Gasteiger partial charge in [0.2, 0.25) is 27.7 Å². The smallest absolute Gasteiger partial charge is 0.243 e. The quantitative estimate of drug-likeness (QED) is 0.315. The summed E-state index contributed by atoms with van der Waals surface area (Å²) in [6.07, 6.45) is 0.356. The lowest BCUT2D eigenvalue weighted by Crippen LogP contribution is -2.55. The lowest BCUT2D eigenvalue weighted by atomic mass is 10.1. The van der Waals surface area contributed by atoms with E-state index >= 15 is 0 Å². The third-order valence-corrected chi connectivity index (χ3v) is 10.8. The predicted molar refractivity (Wildman–Crippen MR) is 162 cm³/mol. The Morgan fingerprint density at radius 2 is 1.72 bits per heavy atom. The zero-order chi connectivity index (χ0) is 31.2. The number of carbonyl (C=O) groups is 3. The number of rotatable bonds is 11. The van der Waals surface area contributed by atoms with Gasteiger partial charge in [-0.25, -0.2) is 21.6 Å². The van der Waals surface area contributed by atoms with Crippen molar-refractivity contribution in [3.8, 4) is 0 Å². The number of nitrogens with zero attached hydrogens (tertiary/aromatic N) is 2. The van der Waals surface area contributed by atoms with Gasteiger partial charge in [-0.1, -0.05) is 48.0 Å². The summed E-state index contributed by atoms with van der Waals surface area (Å²) in [5.74, 6) is -2.50. The van der Waals surface area contributed by atoms with Crippen molar-refractivity contribution in [2.75, 3.05) is 31.1 Å². The van der Waals surface area contributed by atoms with Crippen molar-refractivity contribution in [1.82, 2.24) is 19.8 Å². The van der Waals surface area contributed by atoms with Gasteiger partial charge in [0.05, 0.1) is 23.7 Å². The molecule has 0 aliphatic carbocycles. The molecule has 4 N–H and O–H groups in total. The predicted octanol–water partition coefficient (Wildman–Crippen LogP) is 0.541. The molecule has 2 fully saturated rings. The fraction of sp³-hybridized carbons (Fsp3) is 0.464. The Hall–Kier alpha value is -3.04. The van der Waals surface area contributed by atoms with E-state index in [0.717, 1.165) is 11.1 Å². The standard InChI is InChI=1S/C28H36ClN5O7S2/c29-23-9-8-21(17-30)22(15-23)18-31-27(36)25-7-4-10-34(25)28(37)24(16-26(35)33-11-13-42(38,39)14-12-33)32-43(40,41)19-20-5-2-1-3-6-20/h1-3,5-6,8-9,15,24-25,32H,4,7,10-14,16-19,30H2,(H,31,36)/t24?,25-/m0/s1. The van der Waals surface area contributed by atoms with E-state index in [0.29, 0.717) is 23.4 Å². The zero-order valence-electron chi connectivity index (χ0n) is 23.6. The maximum Gasteiger partial charge on any atom is 0.243 e. The SMILES string of the molecule is NCc1ccc(Cl)cc1CNC(=O)[C@@H]1CCCN1C(=O)C(CC(=O)N1CCS(=O)(=O)CC1)NS(=O)(=O)Cc1ccccc1. The highest BCUT2D eigenvalue weighted by molar-refractivity contribution is 7.91. The third-order valence-electron chi connectivity index (χ3n) is 7.58. The largest absolute Gasteiger partial charge is 0.350 e. The van der Waals surface area contributed by atoms with Crippen molar-refractivity contribution in [3.63, 3.8) is 0 Å². The van der Waals surface area contributed by atoms with Crippen LogP contribution in [0.3, 0.4) is 0 Å². The van der Waals surface area contributed by atoms with Crippen molar-refractivity contribution in [2.45, 2.75) is 50.2 Å². The summed E-state index contributed by atoms with van der Waals surface area (Å²) in [7, 11) is -7.35. The molecular weight excluding hydrogens is 618 g/mol. The average molecular weight is 654 g/mol. The van der Waals surface area contributed by atoms with E-state index in [1.165, 1.54) is 9.80 Å². The Kier molecular flexibility index (Phi) is 10.8. The van der Waals surface area contributed by atoms with Crippen LogP contribution in [-0.4, -0.2) is 87.6 Å². The highest BCUT2D eigenvalue weighted by Crippen LogP contribution is 2.22. The topological polar surface area (TPSA) is 176 Å². The number of nitrogens with two attached hydrogens (primary N) is 1. The Bertz CT molecular complexity index is 1540. The summed E-state index contributed by atoms with van der Waals surface area (Å²) in [6.45, 7) is 0.505. The normalized spacial score (nSPS) is 19.2. The minimum atomic E-state index is -4.09. The van der Waals surface area contributed by atoms with Crippen LogP contribution >= 0.6 is 11.6 Å². The number of nitrogens with one attached hydrogen (secondary N) is 2. The molecule has 0 radical (unpaired) electrons. The van der Waals surface area contributed by atoms with Crippen LogP contribution in [0.25, 0.3) is 0 Å². The maximum atomic E-state index is 13.8. The molecule has 234 valence electrons. The van der Waals surface area contributed by atoms with Gasteiger partial charge in [-0.15, -0.1) is 0 Å². The first-order chi connectivity index (χ1) is 20.4. The molecule has 0 bridgehead atoms. The second kappa shape index (κ2) is 14.2. The minimum absolute atomic E-state index is 0.0398. The van der Waals surface area contributed by atoms with Crippen LogP contribution in [0.15, 0.2) is 48.5 Å². The van der Waals surface area contributed by atoms with Gasteiger partial charge in [0.15, 0.2) is 9.84 Å². The first-order valence-corrected chi connectivity index (χ1v) is 17.8. The summed E-state index contributed by atoms with van der Waals surface area (Å²) < 4.78 is 52.4. The zero-order valence-corrected chi connectivity index (χ0v) is 26.0. The Morgan fingerprint density at radius 1 is 1.02 bits per heavy atom. The Labute approximate surface area is 256 Å². The van der Waals surface area contributed by atoms with Crippen molar-refractivity contribution in [2.24, 2.45) is 5.73 Å². The van der Waals surface area contributed by atoms with Gasteiger partial charge in [-0.05, 0) is 41.7 Å². The summed E-state index contributed by atoms with van der Waals surface area (Å²) >= 11 is 6.11. The molecule has 2 aromatic carbocycles. The third kappa shape index (κ3) is 8.99. The van der Waals surface area contributed by atoms with Crippen molar-refractivity contribution < 1.29 is 31.2 Å². The van der Waals surface area contributed by atoms with E-state index in [9.17, 15) is 31.2 Å². The highest BCUT2D eigenvalue weighted by Gasteiger charge is 2.40. The molecule has 2 aliphatic heterocycles. The van der Waals surface area contributed by atoms with Gasteiger partial charge in [-0.2, -0.15) is 0 Å². The molecule has 2 aliphatic rings. The van der Waals surface area contributed by atoms with Crippen molar-refractivity contribution >= 4 is 49.2 Å². The lowest BCUT2D eigenvalue weighted by Gasteiger charge is -2.31. The van der Waals surface area contributed by atoms with Crippen LogP contribution < -0.4 is 15.8 Å². The molecule has 2 heterocycles. The van der Waals surface area contributed by atoms with Gasteiger partial charge in [0, 0.05) is 37.7 Å². The fourth-order valence-electron chi connectivity index (χ4n) is 5.26. The summed E-state index contributed by atoms with van der Waals surface area (Å²) in [4.78, 5) is 42.9. The van der Waals surface area contributed by atoms with E-state index in [2.05, 4.69) is 10.0 Å². The average Bonchev–Trinajstić information content (AvgIpc) is 3.45. The molecular formula is C28H36ClN5O7S2. The summed E-state index contributed by atoms with van der Waals surface area (Å²) in [5, 5.41) is 3.32. The molecule has 15 heteroatoms. The van der Waals surface area contributed by atoms with Gasteiger partial charge in [0.1, 0.15) is 12.1 Å². The van der Waals surface area contributed by atoms with Crippen LogP contribution in [0.1, 0.15) is 36.0 Å². The lowest BCUT2D eigenvalue weighted by molar-refractivity contribution is -0.142. The molecule has 0 aromatic heterocycles. The molecule has 0 saturated carbocycles. The molecule has 3 amide bonds. The molecule has 4 rings (SSSR count). The number of sulfone groups is 1. The minimum Gasteiger partial charge on any atom is -0.350 e. The van der Waals surface area contributed by atoms with Crippen molar-refractivity contribution in [1.29, 1.82) is 0 Å². The van der Waals surface area contributed by atoms with E-state index in [-0.39, 0.29) is 44.2 Å². The molecule has 12 nitrogen and oxygen atoms in total. The number of carbonyl (C=O) groups excluding carboxylic acids is 3. The Morgan fingerprint density at radius 3 is 2.40 bits per heavy atom. The maximum absolute atomic E-state index is 13.8. The van der Waals surface area contributed by atoms with E-state index in [4.69, 9.17) is 17.3 Å². The molecule has 1 unspecified atom stereocenters. The molecule has 2 atom stereocenters. The number of likely N-dealkylation sites (tertiary alicyclic amines) is 1. The fourth-order valence-corrected chi connectivity index (χ4v) is 7.99. The van der Waals surface area contributed by atoms with Crippen LogP contribution in [-0.2, 0) is 53.1 Å². The second-order valence-corrected chi connectivity index (χ2v) is 15.2. The van der Waals surface area contributed by atoms with Gasteiger partial charge in [-0.3, -0.25) is 14.4 Å². The molecule has 43 heavy (non-hydrogen) atoms. The summed E-state index contributed by atoms with van der Waals surface area (Å²) in [6, 6.07) is 11.2. The number of hydrogen-bond donors (Lipinski definition) is 3. The first-order valence-electron chi connectivity index (χ1n) is 13.9. The molecule has 0 spiro atoms. The van der Waals surface area contributed by atoms with E-state index in [1.807, 2.05) is 0 Å². The number of halogens is 1. The number of sulfonamides is 1. The first kappa shape index (κ1) is 32.9. The molecule has 2 aromatic rings. The number of hydrogen-bond acceptors (Lipinski definition) is 8. The van der Waals surface area contributed by atoms with Gasteiger partial charge < -0.3 is 20.9 Å². The Balaban J connectivity index is 1.50.